The first-order chi connectivity index (χ1) is 12.7. The van der Waals surface area contributed by atoms with Gasteiger partial charge in [0, 0.05) is 12.1 Å². The van der Waals surface area contributed by atoms with Gasteiger partial charge in [-0.1, -0.05) is 26.0 Å². The molecule has 0 fully saturated rings. The number of benzene rings is 1. The molecule has 0 spiro atoms. The van der Waals surface area contributed by atoms with Gasteiger partial charge >= 0.3 is 5.97 Å². The third kappa shape index (κ3) is 8.40. The third-order valence-corrected chi connectivity index (χ3v) is 3.99. The molecule has 1 aromatic rings. The Bertz CT molecular complexity index is 667. The molecule has 1 aromatic carbocycles. The molecule has 148 valence electrons. The van der Waals surface area contributed by atoms with Crippen molar-refractivity contribution < 1.29 is 23.9 Å². The highest BCUT2D eigenvalue weighted by Crippen LogP contribution is 2.12. The Morgan fingerprint density at radius 2 is 1.67 bits per heavy atom. The van der Waals surface area contributed by atoms with E-state index in [1.165, 1.54) is 13.0 Å². The molecule has 0 saturated carbocycles. The molecule has 2 amide bonds. The van der Waals surface area contributed by atoms with Crippen LogP contribution >= 0.6 is 0 Å². The highest BCUT2D eigenvalue weighted by Gasteiger charge is 2.18. The van der Waals surface area contributed by atoms with E-state index in [0.717, 1.165) is 11.3 Å². The third-order valence-electron chi connectivity index (χ3n) is 3.99. The lowest BCUT2D eigenvalue weighted by Crippen LogP contribution is -2.42. The van der Waals surface area contributed by atoms with Crippen LogP contribution in [-0.2, 0) is 19.1 Å². The average Bonchev–Trinajstić information content (AvgIpc) is 2.64. The summed E-state index contributed by atoms with van der Waals surface area (Å²) in [4.78, 5) is 35.5. The Labute approximate surface area is 160 Å². The zero-order valence-electron chi connectivity index (χ0n) is 16.4. The van der Waals surface area contributed by atoms with Crippen molar-refractivity contribution in [2.24, 2.45) is 5.92 Å². The molecule has 0 saturated heterocycles. The predicted octanol–water partition coefficient (Wildman–Crippen LogP) is 1.92. The van der Waals surface area contributed by atoms with Gasteiger partial charge in [0.05, 0.1) is 7.11 Å². The largest absolute Gasteiger partial charge is 0.497 e. The van der Waals surface area contributed by atoms with Crippen molar-refractivity contribution in [3.63, 3.8) is 0 Å². The van der Waals surface area contributed by atoms with E-state index >= 15 is 0 Å². The Morgan fingerprint density at radius 1 is 1.04 bits per heavy atom. The van der Waals surface area contributed by atoms with E-state index in [4.69, 9.17) is 9.47 Å². The van der Waals surface area contributed by atoms with Gasteiger partial charge < -0.3 is 20.1 Å². The number of hydrogen-bond acceptors (Lipinski definition) is 5. The zero-order chi connectivity index (χ0) is 20.4. The van der Waals surface area contributed by atoms with E-state index < -0.39 is 17.9 Å². The van der Waals surface area contributed by atoms with Crippen LogP contribution in [0.1, 0.15) is 33.3 Å². The molecule has 27 heavy (non-hydrogen) atoms. The van der Waals surface area contributed by atoms with Crippen molar-refractivity contribution >= 4 is 23.9 Å². The number of methoxy groups -OCH3 is 1. The fraction of sp³-hybridized carbons (Fsp3) is 0.450. The topological polar surface area (TPSA) is 93.7 Å². The Hall–Kier alpha value is -2.83. The maximum absolute atomic E-state index is 11.9. The van der Waals surface area contributed by atoms with Crippen LogP contribution in [0.4, 0.5) is 0 Å². The highest BCUT2D eigenvalue weighted by atomic mass is 16.5. The SMILES string of the molecule is COc1ccc(/C=C/C(=O)N[C@@H](C)C(=O)OCC(=O)N[C@H](C)C(C)C)cc1. The van der Waals surface area contributed by atoms with Crippen LogP contribution in [0.15, 0.2) is 30.3 Å². The van der Waals surface area contributed by atoms with Gasteiger partial charge in [-0.05, 0) is 43.5 Å². The molecule has 0 bridgehead atoms. The summed E-state index contributed by atoms with van der Waals surface area (Å²) in [6, 6.07) is 6.28. The van der Waals surface area contributed by atoms with Crippen LogP contribution < -0.4 is 15.4 Å². The minimum absolute atomic E-state index is 0.0172. The number of ether oxygens (including phenoxy) is 2. The van der Waals surface area contributed by atoms with Crippen molar-refractivity contribution in [1.82, 2.24) is 10.6 Å². The number of nitrogens with one attached hydrogen (secondary N) is 2. The fourth-order valence-corrected chi connectivity index (χ4v) is 1.93. The summed E-state index contributed by atoms with van der Waals surface area (Å²) < 4.78 is 9.99. The lowest BCUT2D eigenvalue weighted by molar-refractivity contribution is -0.151. The van der Waals surface area contributed by atoms with Crippen molar-refractivity contribution in [2.45, 2.75) is 39.8 Å². The van der Waals surface area contributed by atoms with Gasteiger partial charge in [0.15, 0.2) is 6.61 Å². The maximum Gasteiger partial charge on any atom is 0.328 e. The maximum atomic E-state index is 11.9. The zero-order valence-corrected chi connectivity index (χ0v) is 16.4. The molecule has 7 heteroatoms. The minimum Gasteiger partial charge on any atom is -0.497 e. The van der Waals surface area contributed by atoms with Gasteiger partial charge in [-0.15, -0.1) is 0 Å². The van der Waals surface area contributed by atoms with E-state index in [2.05, 4.69) is 10.6 Å². The molecule has 0 unspecified atom stereocenters. The first kappa shape index (κ1) is 22.2. The molecule has 0 aromatic heterocycles. The van der Waals surface area contributed by atoms with Gasteiger partial charge in [0.2, 0.25) is 5.91 Å². The van der Waals surface area contributed by atoms with Crippen molar-refractivity contribution in [2.75, 3.05) is 13.7 Å². The molecular formula is C20H28N2O5. The summed E-state index contributed by atoms with van der Waals surface area (Å²) in [7, 11) is 1.58. The van der Waals surface area contributed by atoms with Gasteiger partial charge in [-0.25, -0.2) is 4.79 Å². The summed E-state index contributed by atoms with van der Waals surface area (Å²) in [6.07, 6.45) is 2.94. The summed E-state index contributed by atoms with van der Waals surface area (Å²) in [5, 5.41) is 5.24. The van der Waals surface area contributed by atoms with E-state index in [-0.39, 0.29) is 24.5 Å². The molecule has 0 aliphatic carbocycles. The quantitative estimate of drug-likeness (QED) is 0.507. The molecule has 7 nitrogen and oxygen atoms in total. The van der Waals surface area contributed by atoms with Gasteiger partial charge in [-0.3, -0.25) is 9.59 Å². The number of amides is 2. The van der Waals surface area contributed by atoms with E-state index in [9.17, 15) is 14.4 Å². The standard InChI is InChI=1S/C20H28N2O5/c1-13(2)14(3)21-19(24)12-27-20(25)15(4)22-18(23)11-8-16-6-9-17(26-5)10-7-16/h6-11,13-15H,12H2,1-5H3,(H,21,24)(H,22,23)/b11-8+/t14-,15+/m1/s1. The van der Waals surface area contributed by atoms with E-state index in [1.807, 2.05) is 20.8 Å². The van der Waals surface area contributed by atoms with Gasteiger partial charge in [0.1, 0.15) is 11.8 Å². The summed E-state index contributed by atoms with van der Waals surface area (Å²) in [6.45, 7) is 6.96. The molecule has 0 heterocycles. The monoisotopic (exact) mass is 376 g/mol. The minimum atomic E-state index is -0.867. The van der Waals surface area contributed by atoms with Gasteiger partial charge in [-0.2, -0.15) is 0 Å². The second-order valence-corrected chi connectivity index (χ2v) is 6.54. The van der Waals surface area contributed by atoms with Crippen LogP contribution in [0.2, 0.25) is 0 Å². The van der Waals surface area contributed by atoms with E-state index in [0.29, 0.717) is 0 Å². The molecule has 0 radical (unpaired) electrons. The number of esters is 1. The normalized spacial score (nSPS) is 13.1. The first-order valence-electron chi connectivity index (χ1n) is 8.81. The lowest BCUT2D eigenvalue weighted by atomic mass is 10.1. The Morgan fingerprint density at radius 3 is 2.22 bits per heavy atom. The molecular weight excluding hydrogens is 348 g/mol. The van der Waals surface area contributed by atoms with Crippen molar-refractivity contribution in [1.29, 1.82) is 0 Å². The second kappa shape index (κ2) is 11.0. The number of rotatable bonds is 9. The first-order valence-corrected chi connectivity index (χ1v) is 8.81. The highest BCUT2D eigenvalue weighted by molar-refractivity contribution is 5.94. The number of carbonyl (C=O) groups excluding carboxylic acids is 3. The van der Waals surface area contributed by atoms with Crippen molar-refractivity contribution in [3.8, 4) is 5.75 Å². The number of hydrogen-bond donors (Lipinski definition) is 2. The van der Waals surface area contributed by atoms with Crippen LogP contribution in [-0.4, -0.2) is 43.6 Å². The summed E-state index contributed by atoms with van der Waals surface area (Å²) in [5.74, 6) is -0.482. The predicted molar refractivity (Wildman–Crippen MR) is 103 cm³/mol. The van der Waals surface area contributed by atoms with Crippen LogP contribution in [0.3, 0.4) is 0 Å². The Kier molecular flexibility index (Phi) is 9.05. The van der Waals surface area contributed by atoms with Gasteiger partial charge in [0.25, 0.3) is 5.91 Å². The van der Waals surface area contributed by atoms with E-state index in [1.54, 1.807) is 37.5 Å². The summed E-state index contributed by atoms with van der Waals surface area (Å²) >= 11 is 0. The fourth-order valence-electron chi connectivity index (χ4n) is 1.93. The van der Waals surface area contributed by atoms with Crippen LogP contribution in [0.25, 0.3) is 6.08 Å². The molecule has 1 rings (SSSR count). The average molecular weight is 376 g/mol. The molecule has 2 N–H and O–H groups in total. The molecule has 0 aliphatic rings. The van der Waals surface area contributed by atoms with Crippen LogP contribution in [0.5, 0.6) is 5.75 Å². The Balaban J connectivity index is 2.41. The number of carbonyl (C=O) groups is 3. The smallest absolute Gasteiger partial charge is 0.328 e. The second-order valence-electron chi connectivity index (χ2n) is 6.54. The molecule has 0 aliphatic heterocycles. The summed E-state index contributed by atoms with van der Waals surface area (Å²) in [5.41, 5.74) is 0.817. The molecule has 2 atom stereocenters. The lowest BCUT2D eigenvalue weighted by Gasteiger charge is -2.18. The van der Waals surface area contributed by atoms with Crippen LogP contribution in [0, 0.1) is 5.92 Å². The van der Waals surface area contributed by atoms with Crippen molar-refractivity contribution in [3.05, 3.63) is 35.9 Å².